The average molecular weight is 447 g/mol. The Morgan fingerprint density at radius 3 is 2.41 bits per heavy atom. The molecule has 2 aromatic heterocycles. The summed E-state index contributed by atoms with van der Waals surface area (Å²) in [5.41, 5.74) is 4.15. The Kier molecular flexibility index (Phi) is 5.28. The summed E-state index contributed by atoms with van der Waals surface area (Å²) in [7, 11) is 0. The lowest BCUT2D eigenvalue weighted by Gasteiger charge is -2.08. The van der Waals surface area contributed by atoms with Crippen LogP contribution in [0.4, 0.5) is 15.8 Å². The van der Waals surface area contributed by atoms with E-state index in [9.17, 15) is 14.0 Å². The summed E-state index contributed by atoms with van der Waals surface area (Å²) < 4.78 is 15.1. The highest BCUT2D eigenvalue weighted by molar-refractivity contribution is 7.12. The molecule has 0 unspecified atom stereocenters. The summed E-state index contributed by atoms with van der Waals surface area (Å²) in [6.07, 6.45) is 2.53. The van der Waals surface area contributed by atoms with E-state index in [0.29, 0.717) is 21.9 Å². The standard InChI is InChI=1S/C24H19FN4O2S/c25-15-9-11-18(12-10-15)29-20-7-2-6-19(20)22(28-29)24(31)27-17-5-1-4-16(14-17)26-23(30)21-8-3-13-32-21/h1,3-5,8-14H,2,6-7H2,(H,26,30)(H,27,31). The van der Waals surface area contributed by atoms with Crippen molar-refractivity contribution in [2.24, 2.45) is 0 Å². The fourth-order valence-electron chi connectivity index (χ4n) is 3.88. The van der Waals surface area contributed by atoms with Crippen LogP contribution in [0.5, 0.6) is 0 Å². The number of hydrogen-bond donors (Lipinski definition) is 2. The molecule has 0 spiro atoms. The Bertz CT molecular complexity index is 1300. The highest BCUT2D eigenvalue weighted by Crippen LogP contribution is 2.29. The van der Waals surface area contributed by atoms with E-state index in [-0.39, 0.29) is 17.6 Å². The molecular weight excluding hydrogens is 427 g/mol. The van der Waals surface area contributed by atoms with Gasteiger partial charge in [0.15, 0.2) is 5.69 Å². The van der Waals surface area contributed by atoms with E-state index < -0.39 is 0 Å². The minimum atomic E-state index is -0.318. The number of halogens is 1. The van der Waals surface area contributed by atoms with Crippen LogP contribution in [0.15, 0.2) is 66.0 Å². The van der Waals surface area contributed by atoms with Crippen molar-refractivity contribution in [3.63, 3.8) is 0 Å². The molecule has 0 radical (unpaired) electrons. The third-order valence-electron chi connectivity index (χ3n) is 5.34. The van der Waals surface area contributed by atoms with E-state index >= 15 is 0 Å². The first-order valence-corrected chi connectivity index (χ1v) is 11.1. The third-order valence-corrected chi connectivity index (χ3v) is 6.21. The van der Waals surface area contributed by atoms with E-state index in [0.717, 1.165) is 36.2 Å². The Balaban J connectivity index is 1.37. The molecule has 0 aliphatic heterocycles. The highest BCUT2D eigenvalue weighted by Gasteiger charge is 2.27. The fraction of sp³-hybridized carbons (Fsp3) is 0.125. The number of rotatable bonds is 5. The average Bonchev–Trinajstić information content (AvgIpc) is 3.53. The van der Waals surface area contributed by atoms with Gasteiger partial charge in [-0.05, 0) is 73.2 Å². The smallest absolute Gasteiger partial charge is 0.276 e. The van der Waals surface area contributed by atoms with Gasteiger partial charge in [-0.25, -0.2) is 9.07 Å². The number of amides is 2. The number of thiophene rings is 1. The molecule has 2 aromatic carbocycles. The molecule has 5 rings (SSSR count). The van der Waals surface area contributed by atoms with Gasteiger partial charge < -0.3 is 10.6 Å². The van der Waals surface area contributed by atoms with Gasteiger partial charge in [-0.2, -0.15) is 5.10 Å². The van der Waals surface area contributed by atoms with E-state index in [1.54, 1.807) is 47.1 Å². The van der Waals surface area contributed by atoms with E-state index in [2.05, 4.69) is 15.7 Å². The summed E-state index contributed by atoms with van der Waals surface area (Å²) in [4.78, 5) is 26.0. The number of anilines is 2. The second-order valence-electron chi connectivity index (χ2n) is 7.48. The zero-order valence-corrected chi connectivity index (χ0v) is 17.8. The number of carbonyl (C=O) groups excluding carboxylic acids is 2. The Hall–Kier alpha value is -3.78. The second kappa shape index (κ2) is 8.39. The molecule has 1 aliphatic rings. The quantitative estimate of drug-likeness (QED) is 0.450. The van der Waals surface area contributed by atoms with E-state index in [1.807, 2.05) is 11.4 Å². The van der Waals surface area contributed by atoms with Gasteiger partial charge >= 0.3 is 0 Å². The molecule has 160 valence electrons. The normalized spacial score (nSPS) is 12.4. The number of benzene rings is 2. The van der Waals surface area contributed by atoms with Crippen molar-refractivity contribution >= 4 is 34.5 Å². The van der Waals surface area contributed by atoms with Gasteiger partial charge in [0.25, 0.3) is 11.8 Å². The fourth-order valence-corrected chi connectivity index (χ4v) is 4.50. The maximum Gasteiger partial charge on any atom is 0.276 e. The van der Waals surface area contributed by atoms with Crippen LogP contribution in [0.3, 0.4) is 0 Å². The first-order chi connectivity index (χ1) is 15.6. The van der Waals surface area contributed by atoms with Crippen molar-refractivity contribution in [3.05, 3.63) is 93.7 Å². The van der Waals surface area contributed by atoms with Crippen LogP contribution in [0, 0.1) is 5.82 Å². The first-order valence-electron chi connectivity index (χ1n) is 10.2. The Morgan fingerprint density at radius 1 is 0.938 bits per heavy atom. The summed E-state index contributed by atoms with van der Waals surface area (Å²) in [6, 6.07) is 16.6. The van der Waals surface area contributed by atoms with Crippen LogP contribution in [0.1, 0.15) is 37.8 Å². The number of fused-ring (bicyclic) bond motifs is 1. The monoisotopic (exact) mass is 446 g/mol. The van der Waals surface area contributed by atoms with Gasteiger partial charge in [0, 0.05) is 22.6 Å². The lowest BCUT2D eigenvalue weighted by Crippen LogP contribution is -2.15. The van der Waals surface area contributed by atoms with Crippen LogP contribution < -0.4 is 10.6 Å². The highest BCUT2D eigenvalue weighted by atomic mass is 32.1. The molecule has 0 fully saturated rings. The molecular formula is C24H19FN4O2S. The zero-order chi connectivity index (χ0) is 22.1. The summed E-state index contributed by atoms with van der Waals surface area (Å²) in [5, 5.41) is 12.1. The molecule has 0 bridgehead atoms. The van der Waals surface area contributed by atoms with Gasteiger partial charge in [0.1, 0.15) is 5.82 Å². The third kappa shape index (κ3) is 3.92. The van der Waals surface area contributed by atoms with Crippen molar-refractivity contribution in [1.29, 1.82) is 0 Å². The summed E-state index contributed by atoms with van der Waals surface area (Å²) in [6.45, 7) is 0. The predicted octanol–water partition coefficient (Wildman–Crippen LogP) is 5.07. The van der Waals surface area contributed by atoms with Gasteiger partial charge in [-0.15, -0.1) is 11.3 Å². The number of aromatic nitrogens is 2. The van der Waals surface area contributed by atoms with Crippen LogP contribution >= 0.6 is 11.3 Å². The Morgan fingerprint density at radius 2 is 1.69 bits per heavy atom. The van der Waals surface area contributed by atoms with E-state index in [1.165, 1.54) is 23.5 Å². The number of hydrogen-bond acceptors (Lipinski definition) is 4. The predicted molar refractivity (Wildman–Crippen MR) is 122 cm³/mol. The van der Waals surface area contributed by atoms with Gasteiger partial charge in [-0.1, -0.05) is 12.1 Å². The molecule has 6 nitrogen and oxygen atoms in total. The minimum absolute atomic E-state index is 0.195. The SMILES string of the molecule is O=C(Nc1cccc(NC(=O)c2nn(-c3ccc(F)cc3)c3c2CCC3)c1)c1cccs1. The molecule has 2 amide bonds. The zero-order valence-electron chi connectivity index (χ0n) is 17.0. The molecule has 32 heavy (non-hydrogen) atoms. The van der Waals surface area contributed by atoms with Crippen molar-refractivity contribution in [2.75, 3.05) is 10.6 Å². The first kappa shape index (κ1) is 20.1. The van der Waals surface area contributed by atoms with Crippen molar-refractivity contribution in [1.82, 2.24) is 9.78 Å². The molecule has 0 saturated carbocycles. The van der Waals surface area contributed by atoms with Gasteiger partial charge in [-0.3, -0.25) is 9.59 Å². The van der Waals surface area contributed by atoms with Crippen LogP contribution in [0.2, 0.25) is 0 Å². The molecule has 8 heteroatoms. The van der Waals surface area contributed by atoms with Gasteiger partial charge in [0.2, 0.25) is 0 Å². The van der Waals surface area contributed by atoms with Crippen LogP contribution in [0.25, 0.3) is 5.69 Å². The minimum Gasteiger partial charge on any atom is -0.321 e. The van der Waals surface area contributed by atoms with Crippen molar-refractivity contribution in [3.8, 4) is 5.69 Å². The molecule has 2 N–H and O–H groups in total. The number of nitrogens with zero attached hydrogens (tertiary/aromatic N) is 2. The van der Waals surface area contributed by atoms with Crippen molar-refractivity contribution in [2.45, 2.75) is 19.3 Å². The lowest BCUT2D eigenvalue weighted by molar-refractivity contribution is 0.101. The molecule has 0 saturated heterocycles. The number of nitrogens with one attached hydrogen (secondary N) is 2. The van der Waals surface area contributed by atoms with Crippen LogP contribution in [-0.2, 0) is 12.8 Å². The molecule has 0 atom stereocenters. The second-order valence-corrected chi connectivity index (χ2v) is 8.43. The van der Waals surface area contributed by atoms with Crippen LogP contribution in [-0.4, -0.2) is 21.6 Å². The Labute approximate surface area is 187 Å². The van der Waals surface area contributed by atoms with Gasteiger partial charge in [0.05, 0.1) is 10.6 Å². The summed E-state index contributed by atoms with van der Waals surface area (Å²) in [5.74, 6) is -0.827. The molecule has 2 heterocycles. The number of carbonyl (C=O) groups is 2. The lowest BCUT2D eigenvalue weighted by atomic mass is 10.2. The largest absolute Gasteiger partial charge is 0.321 e. The van der Waals surface area contributed by atoms with Crippen molar-refractivity contribution < 1.29 is 14.0 Å². The van der Waals surface area contributed by atoms with E-state index in [4.69, 9.17) is 0 Å². The topological polar surface area (TPSA) is 76.0 Å². The summed E-state index contributed by atoms with van der Waals surface area (Å²) >= 11 is 1.36. The maximum atomic E-state index is 13.3. The maximum absolute atomic E-state index is 13.3. The molecule has 1 aliphatic carbocycles. The molecule has 4 aromatic rings.